The first-order valence-electron chi connectivity index (χ1n) is 11.3. The fraction of sp³-hybridized carbons (Fsp3) is 0.375. The van der Waals surface area contributed by atoms with Crippen molar-refractivity contribution < 1.29 is 26.7 Å². The molecule has 1 aromatic heterocycles. The van der Waals surface area contributed by atoms with E-state index in [-0.39, 0.29) is 34.5 Å². The molecule has 0 spiro atoms. The first-order valence-corrected chi connectivity index (χ1v) is 13.1. The van der Waals surface area contributed by atoms with Crippen LogP contribution in [0.1, 0.15) is 42.7 Å². The standard InChI is InChI=1S/C24H23ClF3N3O3S/c25-20-6-4-16(12-22(20)35(33,34)31-9-7-17(32)8-10-31)23-29-13-21(30-23)15-3-5-19(24(26,27)28)18(11-15)14-1-2-14/h3-6,11-14,17,32H,1-2,7-10H2,(H,29,30). The molecule has 35 heavy (non-hydrogen) atoms. The number of aliphatic hydroxyl groups is 1. The summed E-state index contributed by atoms with van der Waals surface area (Å²) in [5, 5.41) is 9.77. The molecule has 0 unspecified atom stereocenters. The van der Waals surface area contributed by atoms with Gasteiger partial charge >= 0.3 is 6.18 Å². The monoisotopic (exact) mass is 525 g/mol. The minimum atomic E-state index is -4.41. The van der Waals surface area contributed by atoms with Crippen molar-refractivity contribution >= 4 is 21.6 Å². The largest absolute Gasteiger partial charge is 0.416 e. The van der Waals surface area contributed by atoms with Gasteiger partial charge in [-0.15, -0.1) is 0 Å². The van der Waals surface area contributed by atoms with Crippen molar-refractivity contribution in [1.29, 1.82) is 0 Å². The van der Waals surface area contributed by atoms with Crippen LogP contribution in [0, 0.1) is 0 Å². The van der Waals surface area contributed by atoms with Crippen molar-refractivity contribution in [1.82, 2.24) is 14.3 Å². The second kappa shape index (κ2) is 8.92. The predicted octanol–water partition coefficient (Wildman–Crippen LogP) is 5.44. The molecule has 1 saturated carbocycles. The van der Waals surface area contributed by atoms with Crippen molar-refractivity contribution in [3.8, 4) is 22.6 Å². The van der Waals surface area contributed by atoms with E-state index in [2.05, 4.69) is 9.97 Å². The van der Waals surface area contributed by atoms with E-state index in [0.717, 1.165) is 18.9 Å². The third-order valence-corrected chi connectivity index (χ3v) is 8.87. The maximum atomic E-state index is 13.4. The van der Waals surface area contributed by atoms with E-state index in [4.69, 9.17) is 11.6 Å². The first kappa shape index (κ1) is 24.3. The molecule has 0 bridgehead atoms. The van der Waals surface area contributed by atoms with Gasteiger partial charge in [0.15, 0.2) is 0 Å². The Morgan fingerprint density at radius 3 is 2.37 bits per heavy atom. The van der Waals surface area contributed by atoms with E-state index >= 15 is 0 Å². The summed E-state index contributed by atoms with van der Waals surface area (Å²) in [6.07, 6.45) is -1.17. The summed E-state index contributed by atoms with van der Waals surface area (Å²) >= 11 is 6.24. The van der Waals surface area contributed by atoms with Crippen LogP contribution in [0.15, 0.2) is 47.5 Å². The quantitative estimate of drug-likeness (QED) is 0.464. The summed E-state index contributed by atoms with van der Waals surface area (Å²) < 4.78 is 67.9. The summed E-state index contributed by atoms with van der Waals surface area (Å²) in [6.45, 7) is 0.401. The molecular formula is C24H23ClF3N3O3S. The molecule has 5 rings (SSSR count). The van der Waals surface area contributed by atoms with Crippen LogP contribution in [0.4, 0.5) is 13.2 Å². The fourth-order valence-electron chi connectivity index (χ4n) is 4.40. The number of hydrogen-bond acceptors (Lipinski definition) is 4. The molecule has 0 amide bonds. The number of aliphatic hydroxyl groups excluding tert-OH is 1. The second-order valence-corrected chi connectivity index (χ2v) is 11.3. The van der Waals surface area contributed by atoms with Gasteiger partial charge in [-0.25, -0.2) is 13.4 Å². The number of aromatic amines is 1. The van der Waals surface area contributed by atoms with Gasteiger partial charge in [0, 0.05) is 30.4 Å². The lowest BCUT2D eigenvalue weighted by Gasteiger charge is -2.29. The molecule has 2 aromatic carbocycles. The number of nitrogens with one attached hydrogen (secondary N) is 1. The first-order chi connectivity index (χ1) is 16.5. The van der Waals surface area contributed by atoms with Crippen LogP contribution < -0.4 is 0 Å². The third-order valence-electron chi connectivity index (χ3n) is 6.49. The highest BCUT2D eigenvalue weighted by atomic mass is 35.5. The van der Waals surface area contributed by atoms with E-state index in [1.54, 1.807) is 18.3 Å². The molecule has 1 aliphatic carbocycles. The van der Waals surface area contributed by atoms with Crippen molar-refractivity contribution in [3.05, 3.63) is 58.7 Å². The van der Waals surface area contributed by atoms with Gasteiger partial charge in [-0.1, -0.05) is 17.7 Å². The van der Waals surface area contributed by atoms with Gasteiger partial charge in [0.25, 0.3) is 0 Å². The molecule has 11 heteroatoms. The van der Waals surface area contributed by atoms with Crippen LogP contribution in [0.5, 0.6) is 0 Å². The maximum Gasteiger partial charge on any atom is 0.416 e. The summed E-state index contributed by atoms with van der Waals surface area (Å²) in [6, 6.07) is 8.59. The highest BCUT2D eigenvalue weighted by molar-refractivity contribution is 7.89. The molecule has 6 nitrogen and oxygen atoms in total. The van der Waals surface area contributed by atoms with E-state index in [1.165, 1.54) is 22.5 Å². The highest BCUT2D eigenvalue weighted by Crippen LogP contribution is 2.47. The fourth-order valence-corrected chi connectivity index (χ4v) is 6.37. The Balaban J connectivity index is 1.46. The zero-order chi connectivity index (χ0) is 25.0. The number of rotatable bonds is 5. The molecule has 186 valence electrons. The lowest BCUT2D eigenvalue weighted by atomic mass is 9.98. The Labute approximate surface area is 205 Å². The number of aromatic nitrogens is 2. The normalized spacial score (nSPS) is 18.2. The lowest BCUT2D eigenvalue weighted by molar-refractivity contribution is -0.138. The number of imidazole rings is 1. The van der Waals surface area contributed by atoms with Crippen LogP contribution in [-0.2, 0) is 16.2 Å². The summed E-state index contributed by atoms with van der Waals surface area (Å²) in [7, 11) is -3.88. The summed E-state index contributed by atoms with van der Waals surface area (Å²) in [5.74, 6) is 0.278. The molecule has 2 N–H and O–H groups in total. The van der Waals surface area contributed by atoms with Crippen LogP contribution in [0.25, 0.3) is 22.6 Å². The number of alkyl halides is 3. The Hall–Kier alpha value is -2.40. The van der Waals surface area contributed by atoms with Crippen molar-refractivity contribution in [2.45, 2.75) is 48.8 Å². The van der Waals surface area contributed by atoms with Crippen molar-refractivity contribution in [2.24, 2.45) is 0 Å². The number of sulfonamides is 1. The second-order valence-electron chi connectivity index (χ2n) is 8.99. The van der Waals surface area contributed by atoms with E-state index in [9.17, 15) is 26.7 Å². The topological polar surface area (TPSA) is 86.3 Å². The molecule has 1 saturated heterocycles. The van der Waals surface area contributed by atoms with Crippen LogP contribution >= 0.6 is 11.6 Å². The number of nitrogens with zero attached hydrogens (tertiary/aromatic N) is 2. The van der Waals surface area contributed by atoms with E-state index in [0.29, 0.717) is 35.5 Å². The molecule has 2 fully saturated rings. The molecule has 2 aliphatic rings. The van der Waals surface area contributed by atoms with Crippen molar-refractivity contribution in [3.63, 3.8) is 0 Å². The van der Waals surface area contributed by atoms with Crippen molar-refractivity contribution in [2.75, 3.05) is 13.1 Å². The van der Waals surface area contributed by atoms with E-state index < -0.39 is 27.9 Å². The minimum absolute atomic E-state index is 0.0587. The average Bonchev–Trinajstić information content (AvgIpc) is 3.55. The number of hydrogen-bond donors (Lipinski definition) is 2. The van der Waals surface area contributed by atoms with Gasteiger partial charge in [-0.05, 0) is 67.5 Å². The van der Waals surface area contributed by atoms with Crippen LogP contribution in [-0.4, -0.2) is 47.0 Å². The van der Waals surface area contributed by atoms with Crippen LogP contribution in [0.3, 0.4) is 0 Å². The van der Waals surface area contributed by atoms with E-state index in [1.807, 2.05) is 0 Å². The van der Waals surface area contributed by atoms with Gasteiger partial charge in [0.1, 0.15) is 10.7 Å². The predicted molar refractivity (Wildman–Crippen MR) is 125 cm³/mol. The molecule has 2 heterocycles. The Kier molecular flexibility index (Phi) is 6.19. The Morgan fingerprint density at radius 2 is 1.71 bits per heavy atom. The number of halogens is 4. The maximum absolute atomic E-state index is 13.4. The smallest absolute Gasteiger partial charge is 0.393 e. The zero-order valence-electron chi connectivity index (χ0n) is 18.5. The molecule has 0 atom stereocenters. The van der Waals surface area contributed by atoms with Gasteiger partial charge in [-0.2, -0.15) is 17.5 Å². The Morgan fingerprint density at radius 1 is 1.03 bits per heavy atom. The molecule has 0 radical (unpaired) electrons. The van der Waals surface area contributed by atoms with Gasteiger partial charge in [0.05, 0.1) is 22.4 Å². The number of H-pyrrole nitrogens is 1. The molecule has 3 aromatic rings. The molecule has 1 aliphatic heterocycles. The number of benzene rings is 2. The average molecular weight is 526 g/mol. The number of piperidine rings is 1. The Bertz CT molecular complexity index is 1360. The third kappa shape index (κ3) is 4.84. The van der Waals surface area contributed by atoms with Crippen LogP contribution in [0.2, 0.25) is 5.02 Å². The van der Waals surface area contributed by atoms with Gasteiger partial charge in [0.2, 0.25) is 10.0 Å². The minimum Gasteiger partial charge on any atom is -0.393 e. The van der Waals surface area contributed by atoms with Gasteiger partial charge in [-0.3, -0.25) is 0 Å². The summed E-state index contributed by atoms with van der Waals surface area (Å²) in [5.41, 5.74) is 1.16. The summed E-state index contributed by atoms with van der Waals surface area (Å²) in [4.78, 5) is 7.45. The SMILES string of the molecule is O=S(=O)(c1cc(-c2nc(-c3ccc(C(F)(F)F)c(C4CC4)c3)c[nH]2)ccc1Cl)N1CCC(O)CC1. The highest BCUT2D eigenvalue weighted by Gasteiger charge is 2.38. The zero-order valence-corrected chi connectivity index (χ0v) is 20.1. The van der Waals surface area contributed by atoms with Gasteiger partial charge < -0.3 is 10.1 Å². The lowest BCUT2D eigenvalue weighted by Crippen LogP contribution is -2.40. The molecular weight excluding hydrogens is 503 g/mol.